The Bertz CT molecular complexity index is 554. The predicted octanol–water partition coefficient (Wildman–Crippen LogP) is 2.24. The number of nitrogens with one attached hydrogen (secondary N) is 2. The molecule has 0 aromatic carbocycles. The van der Waals surface area contributed by atoms with Gasteiger partial charge in [-0.2, -0.15) is 15.0 Å². The van der Waals surface area contributed by atoms with Gasteiger partial charge in [0.1, 0.15) is 0 Å². The van der Waals surface area contributed by atoms with Crippen molar-refractivity contribution in [2.45, 2.75) is 26.8 Å². The number of nitrogens with zero attached hydrogens (tertiary/aromatic N) is 4. The highest BCUT2D eigenvalue weighted by molar-refractivity contribution is 7.10. The summed E-state index contributed by atoms with van der Waals surface area (Å²) in [6.07, 6.45) is 0. The van der Waals surface area contributed by atoms with E-state index >= 15 is 0 Å². The van der Waals surface area contributed by atoms with E-state index in [1.165, 1.54) is 4.88 Å². The van der Waals surface area contributed by atoms with Gasteiger partial charge in [-0.25, -0.2) is 5.84 Å². The maximum atomic E-state index is 5.45. The van der Waals surface area contributed by atoms with Crippen LogP contribution >= 0.6 is 11.3 Å². The Morgan fingerprint density at radius 2 is 1.95 bits per heavy atom. The standard InChI is InChI=1S/C13H21N7S/c1-4-20(5-2)13-17-11(16-12(18-13)19-14)15-9(3)10-7-6-8-21-10/h6-9H,4-5,14H2,1-3H3,(H2,15,16,17,18,19). The molecule has 2 rings (SSSR count). The predicted molar refractivity (Wildman–Crippen MR) is 87.6 cm³/mol. The number of aromatic nitrogens is 3. The minimum Gasteiger partial charge on any atom is -0.347 e. The van der Waals surface area contributed by atoms with E-state index in [-0.39, 0.29) is 6.04 Å². The van der Waals surface area contributed by atoms with Gasteiger partial charge in [0.15, 0.2) is 0 Å². The number of hydrazine groups is 1. The quantitative estimate of drug-likeness (QED) is 0.533. The molecule has 0 spiro atoms. The van der Waals surface area contributed by atoms with Crippen LogP contribution in [-0.4, -0.2) is 28.0 Å². The Kier molecular flexibility index (Phi) is 5.29. The fourth-order valence-electron chi connectivity index (χ4n) is 1.94. The van der Waals surface area contributed by atoms with Gasteiger partial charge in [-0.1, -0.05) is 6.07 Å². The van der Waals surface area contributed by atoms with Gasteiger partial charge in [-0.3, -0.25) is 5.43 Å². The number of rotatable bonds is 7. The second-order valence-electron chi connectivity index (χ2n) is 4.48. The second-order valence-corrected chi connectivity index (χ2v) is 5.46. The van der Waals surface area contributed by atoms with E-state index in [2.05, 4.69) is 57.9 Å². The van der Waals surface area contributed by atoms with E-state index in [4.69, 9.17) is 5.84 Å². The molecule has 8 heteroatoms. The molecule has 2 aromatic heterocycles. The van der Waals surface area contributed by atoms with Crippen LogP contribution in [0.5, 0.6) is 0 Å². The van der Waals surface area contributed by atoms with E-state index in [1.807, 2.05) is 11.0 Å². The van der Waals surface area contributed by atoms with Crippen LogP contribution in [0.2, 0.25) is 0 Å². The summed E-state index contributed by atoms with van der Waals surface area (Å²) in [7, 11) is 0. The zero-order valence-corrected chi connectivity index (χ0v) is 13.3. The molecule has 0 aliphatic rings. The minimum atomic E-state index is 0.127. The van der Waals surface area contributed by atoms with E-state index < -0.39 is 0 Å². The molecule has 114 valence electrons. The first-order chi connectivity index (χ1) is 10.2. The van der Waals surface area contributed by atoms with Gasteiger partial charge in [-0.05, 0) is 32.2 Å². The zero-order chi connectivity index (χ0) is 15.2. The Hall–Kier alpha value is -1.93. The zero-order valence-electron chi connectivity index (χ0n) is 12.5. The largest absolute Gasteiger partial charge is 0.347 e. The fourth-order valence-corrected chi connectivity index (χ4v) is 2.68. The molecule has 0 aliphatic carbocycles. The molecule has 4 N–H and O–H groups in total. The third kappa shape index (κ3) is 3.79. The van der Waals surface area contributed by atoms with Crippen LogP contribution in [0.25, 0.3) is 0 Å². The molecular formula is C13H21N7S. The van der Waals surface area contributed by atoms with E-state index in [0.717, 1.165) is 13.1 Å². The lowest BCUT2D eigenvalue weighted by Gasteiger charge is -2.20. The number of hydrogen-bond donors (Lipinski definition) is 3. The van der Waals surface area contributed by atoms with Crippen molar-refractivity contribution >= 4 is 29.2 Å². The molecule has 0 radical (unpaired) electrons. The van der Waals surface area contributed by atoms with E-state index in [9.17, 15) is 0 Å². The van der Waals surface area contributed by atoms with Crippen molar-refractivity contribution in [3.63, 3.8) is 0 Å². The molecule has 0 amide bonds. The molecule has 0 fully saturated rings. The normalized spacial score (nSPS) is 12.0. The van der Waals surface area contributed by atoms with Crippen LogP contribution in [0, 0.1) is 0 Å². The smallest absolute Gasteiger partial charge is 0.243 e. The number of hydrogen-bond acceptors (Lipinski definition) is 8. The van der Waals surface area contributed by atoms with Gasteiger partial charge >= 0.3 is 0 Å². The number of thiophene rings is 1. The Morgan fingerprint density at radius 3 is 2.52 bits per heavy atom. The molecule has 7 nitrogen and oxygen atoms in total. The summed E-state index contributed by atoms with van der Waals surface area (Å²) >= 11 is 1.70. The minimum absolute atomic E-state index is 0.127. The van der Waals surface area contributed by atoms with Gasteiger partial charge in [-0.15, -0.1) is 11.3 Å². The van der Waals surface area contributed by atoms with E-state index in [1.54, 1.807) is 11.3 Å². The van der Waals surface area contributed by atoms with Crippen LogP contribution in [-0.2, 0) is 0 Å². The summed E-state index contributed by atoms with van der Waals surface area (Å²) in [4.78, 5) is 16.3. The molecule has 0 bridgehead atoms. The summed E-state index contributed by atoms with van der Waals surface area (Å²) in [5.41, 5.74) is 2.49. The Balaban J connectivity index is 2.24. The summed E-state index contributed by atoms with van der Waals surface area (Å²) in [5.74, 6) is 6.93. The van der Waals surface area contributed by atoms with Crippen molar-refractivity contribution in [2.24, 2.45) is 5.84 Å². The van der Waals surface area contributed by atoms with Crippen LogP contribution in [0.1, 0.15) is 31.7 Å². The van der Waals surface area contributed by atoms with E-state index in [0.29, 0.717) is 17.8 Å². The number of nitrogens with two attached hydrogens (primary N) is 1. The molecule has 21 heavy (non-hydrogen) atoms. The summed E-state index contributed by atoms with van der Waals surface area (Å²) in [6.45, 7) is 7.84. The molecule has 2 heterocycles. The molecule has 0 saturated heterocycles. The van der Waals surface area contributed by atoms with Crippen LogP contribution in [0.15, 0.2) is 17.5 Å². The fraction of sp³-hybridized carbons (Fsp3) is 0.462. The van der Waals surface area contributed by atoms with Gasteiger partial charge in [0, 0.05) is 18.0 Å². The van der Waals surface area contributed by atoms with Crippen molar-refractivity contribution in [1.29, 1.82) is 0 Å². The summed E-state index contributed by atoms with van der Waals surface area (Å²) in [5, 5.41) is 5.34. The Labute approximate surface area is 128 Å². The van der Waals surface area contributed by atoms with Crippen LogP contribution in [0.3, 0.4) is 0 Å². The average molecular weight is 307 g/mol. The molecule has 0 aliphatic heterocycles. The first kappa shape index (κ1) is 15.5. The molecule has 0 saturated carbocycles. The first-order valence-electron chi connectivity index (χ1n) is 6.95. The lowest BCUT2D eigenvalue weighted by Crippen LogP contribution is -2.26. The third-order valence-electron chi connectivity index (χ3n) is 3.11. The average Bonchev–Trinajstić information content (AvgIpc) is 3.02. The molecule has 1 unspecified atom stereocenters. The highest BCUT2D eigenvalue weighted by Crippen LogP contribution is 2.22. The lowest BCUT2D eigenvalue weighted by molar-refractivity contribution is 0.803. The van der Waals surface area contributed by atoms with Gasteiger partial charge in [0.05, 0.1) is 6.04 Å². The maximum absolute atomic E-state index is 5.45. The highest BCUT2D eigenvalue weighted by Gasteiger charge is 2.13. The van der Waals surface area contributed by atoms with Crippen molar-refractivity contribution in [1.82, 2.24) is 15.0 Å². The van der Waals surface area contributed by atoms with Gasteiger partial charge < -0.3 is 10.2 Å². The summed E-state index contributed by atoms with van der Waals surface area (Å²) in [6, 6.07) is 4.24. The monoisotopic (exact) mass is 307 g/mol. The molecule has 1 atom stereocenters. The van der Waals surface area contributed by atoms with Crippen molar-refractivity contribution in [2.75, 3.05) is 28.7 Å². The topological polar surface area (TPSA) is 92.0 Å². The maximum Gasteiger partial charge on any atom is 0.243 e. The van der Waals surface area contributed by atoms with Crippen LogP contribution < -0.4 is 21.5 Å². The number of nitrogen functional groups attached to an aromatic ring is 1. The molecule has 2 aromatic rings. The first-order valence-corrected chi connectivity index (χ1v) is 7.83. The highest BCUT2D eigenvalue weighted by atomic mass is 32.1. The molecular weight excluding hydrogens is 286 g/mol. The van der Waals surface area contributed by atoms with Gasteiger partial charge in [0.2, 0.25) is 17.8 Å². The summed E-state index contributed by atoms with van der Waals surface area (Å²) < 4.78 is 0. The van der Waals surface area contributed by atoms with Crippen molar-refractivity contribution in [3.8, 4) is 0 Å². The second kappa shape index (κ2) is 7.19. The van der Waals surface area contributed by atoms with Crippen molar-refractivity contribution in [3.05, 3.63) is 22.4 Å². The lowest BCUT2D eigenvalue weighted by atomic mass is 10.3. The Morgan fingerprint density at radius 1 is 1.24 bits per heavy atom. The van der Waals surface area contributed by atoms with Crippen molar-refractivity contribution < 1.29 is 0 Å². The SMILES string of the molecule is CCN(CC)c1nc(NN)nc(NC(C)c2cccs2)n1. The van der Waals surface area contributed by atoms with Crippen LogP contribution in [0.4, 0.5) is 17.8 Å². The third-order valence-corrected chi connectivity index (χ3v) is 4.17. The number of anilines is 3. The van der Waals surface area contributed by atoms with Gasteiger partial charge in [0.25, 0.3) is 0 Å².